The van der Waals surface area contributed by atoms with Crippen molar-refractivity contribution in [2.75, 3.05) is 6.54 Å². The molecule has 0 saturated heterocycles. The van der Waals surface area contributed by atoms with E-state index in [1.807, 2.05) is 13.8 Å². The van der Waals surface area contributed by atoms with Crippen molar-refractivity contribution in [1.29, 1.82) is 0 Å². The van der Waals surface area contributed by atoms with Crippen LogP contribution >= 0.6 is 0 Å². The van der Waals surface area contributed by atoms with Crippen molar-refractivity contribution in [3.8, 4) is 0 Å². The maximum absolute atomic E-state index is 3.38. The van der Waals surface area contributed by atoms with Gasteiger partial charge >= 0.3 is 0 Å². The molecule has 0 bridgehead atoms. The Morgan fingerprint density at radius 2 is 1.72 bits per heavy atom. The third-order valence-electron chi connectivity index (χ3n) is 2.99. The summed E-state index contributed by atoms with van der Waals surface area (Å²) in [6, 6.07) is 8.88. The van der Waals surface area contributed by atoms with Gasteiger partial charge < -0.3 is 5.01 Å². The molecule has 0 spiro atoms. The van der Waals surface area contributed by atoms with E-state index in [0.29, 0.717) is 0 Å². The fourth-order valence-electron chi connectivity index (χ4n) is 1.95. The SMILES string of the molecule is CC.CCc1ccc(CN2C=C(C)CCN2)cc1. The van der Waals surface area contributed by atoms with Crippen molar-refractivity contribution >= 4 is 0 Å². The molecule has 1 heterocycles. The van der Waals surface area contributed by atoms with Crippen molar-refractivity contribution in [3.05, 3.63) is 47.2 Å². The van der Waals surface area contributed by atoms with E-state index >= 15 is 0 Å². The van der Waals surface area contributed by atoms with Gasteiger partial charge in [0.2, 0.25) is 0 Å². The fraction of sp³-hybridized carbons (Fsp3) is 0.500. The maximum atomic E-state index is 3.38. The molecule has 0 fully saturated rings. The maximum Gasteiger partial charge on any atom is 0.0588 e. The molecule has 18 heavy (non-hydrogen) atoms. The minimum atomic E-state index is 0.946. The number of benzene rings is 1. The lowest BCUT2D eigenvalue weighted by molar-refractivity contribution is 0.247. The van der Waals surface area contributed by atoms with Gasteiger partial charge in [-0.15, -0.1) is 0 Å². The van der Waals surface area contributed by atoms with Crippen LogP contribution < -0.4 is 5.43 Å². The Morgan fingerprint density at radius 3 is 2.28 bits per heavy atom. The first-order chi connectivity index (χ1) is 8.78. The van der Waals surface area contributed by atoms with Gasteiger partial charge in [-0.3, -0.25) is 0 Å². The van der Waals surface area contributed by atoms with E-state index in [1.165, 1.54) is 16.7 Å². The summed E-state index contributed by atoms with van der Waals surface area (Å²) in [5.74, 6) is 0. The highest BCUT2D eigenvalue weighted by atomic mass is 15.5. The van der Waals surface area contributed by atoms with Gasteiger partial charge in [-0.1, -0.05) is 50.6 Å². The number of rotatable bonds is 3. The second kappa shape index (κ2) is 7.93. The lowest BCUT2D eigenvalue weighted by Gasteiger charge is -2.26. The molecule has 1 aromatic carbocycles. The van der Waals surface area contributed by atoms with E-state index in [9.17, 15) is 0 Å². The Bertz CT molecular complexity index is 365. The summed E-state index contributed by atoms with van der Waals surface area (Å²) in [6.07, 6.45) is 4.48. The molecule has 0 aliphatic carbocycles. The van der Waals surface area contributed by atoms with E-state index in [4.69, 9.17) is 0 Å². The zero-order chi connectivity index (χ0) is 13.4. The third kappa shape index (κ3) is 4.53. The second-order valence-corrected chi connectivity index (χ2v) is 4.43. The van der Waals surface area contributed by atoms with Crippen LogP contribution in [-0.2, 0) is 13.0 Å². The second-order valence-electron chi connectivity index (χ2n) is 4.43. The van der Waals surface area contributed by atoms with Gasteiger partial charge in [-0.25, -0.2) is 5.43 Å². The monoisotopic (exact) mass is 246 g/mol. The topological polar surface area (TPSA) is 15.3 Å². The van der Waals surface area contributed by atoms with Crippen LogP contribution in [-0.4, -0.2) is 11.6 Å². The van der Waals surface area contributed by atoms with Gasteiger partial charge in [0.1, 0.15) is 0 Å². The summed E-state index contributed by atoms with van der Waals surface area (Å²) >= 11 is 0. The number of hydrogen-bond acceptors (Lipinski definition) is 2. The highest BCUT2D eigenvalue weighted by Gasteiger charge is 2.06. The van der Waals surface area contributed by atoms with E-state index < -0.39 is 0 Å². The Hall–Kier alpha value is -1.28. The summed E-state index contributed by atoms with van der Waals surface area (Å²) in [5.41, 5.74) is 7.59. The molecule has 2 heteroatoms. The molecular formula is C16H26N2. The number of aryl methyl sites for hydroxylation is 1. The fourth-order valence-corrected chi connectivity index (χ4v) is 1.95. The van der Waals surface area contributed by atoms with Crippen molar-refractivity contribution < 1.29 is 0 Å². The summed E-state index contributed by atoms with van der Waals surface area (Å²) in [4.78, 5) is 0. The minimum Gasteiger partial charge on any atom is -0.311 e. The van der Waals surface area contributed by atoms with E-state index in [2.05, 4.69) is 54.7 Å². The zero-order valence-corrected chi connectivity index (χ0v) is 12.2. The molecule has 0 aromatic heterocycles. The smallest absolute Gasteiger partial charge is 0.0588 e. The zero-order valence-electron chi connectivity index (χ0n) is 12.2. The molecule has 0 saturated carbocycles. The molecule has 2 rings (SSSR count). The lowest BCUT2D eigenvalue weighted by atomic mass is 10.1. The Labute approximate surface area is 112 Å². The Kier molecular flexibility index (Phi) is 6.51. The number of hydrogen-bond donors (Lipinski definition) is 1. The Balaban J connectivity index is 0.000000771. The molecular weight excluding hydrogens is 220 g/mol. The van der Waals surface area contributed by atoms with Crippen LogP contribution in [0.3, 0.4) is 0 Å². The van der Waals surface area contributed by atoms with E-state index in [-0.39, 0.29) is 0 Å². The molecule has 0 radical (unpaired) electrons. The van der Waals surface area contributed by atoms with Crippen molar-refractivity contribution in [2.24, 2.45) is 0 Å². The van der Waals surface area contributed by atoms with Crippen LogP contribution in [0.5, 0.6) is 0 Å². The quantitative estimate of drug-likeness (QED) is 0.870. The average Bonchev–Trinajstić information content (AvgIpc) is 2.42. The van der Waals surface area contributed by atoms with Gasteiger partial charge in [0.15, 0.2) is 0 Å². The lowest BCUT2D eigenvalue weighted by Crippen LogP contribution is -2.36. The standard InChI is InChI=1S/C14H20N2.C2H6/c1-3-13-4-6-14(7-5-13)11-16-10-12(2)8-9-15-16;1-2/h4-7,10,15H,3,8-9,11H2,1-2H3;1-2H3. The van der Waals surface area contributed by atoms with Crippen LogP contribution in [0.2, 0.25) is 0 Å². The van der Waals surface area contributed by atoms with Gasteiger partial charge in [0, 0.05) is 12.7 Å². The molecule has 0 unspecified atom stereocenters. The highest BCUT2D eigenvalue weighted by Crippen LogP contribution is 2.11. The minimum absolute atomic E-state index is 0.946. The van der Waals surface area contributed by atoms with Gasteiger partial charge in [0.05, 0.1) is 6.54 Å². The molecule has 1 aromatic rings. The summed E-state index contributed by atoms with van der Waals surface area (Å²) in [7, 11) is 0. The van der Waals surface area contributed by atoms with Crippen LogP contribution in [0.1, 0.15) is 45.2 Å². The summed E-state index contributed by atoms with van der Waals surface area (Å²) in [5, 5.41) is 2.18. The number of hydrazine groups is 1. The highest BCUT2D eigenvalue weighted by molar-refractivity contribution is 5.22. The molecule has 0 amide bonds. The Morgan fingerprint density at radius 1 is 1.11 bits per heavy atom. The first-order valence-corrected chi connectivity index (χ1v) is 7.03. The molecule has 1 N–H and O–H groups in total. The average molecular weight is 246 g/mol. The van der Waals surface area contributed by atoms with Crippen LogP contribution in [0.25, 0.3) is 0 Å². The van der Waals surface area contributed by atoms with Crippen LogP contribution in [0, 0.1) is 0 Å². The van der Waals surface area contributed by atoms with Crippen LogP contribution in [0.4, 0.5) is 0 Å². The molecule has 1 aliphatic heterocycles. The largest absolute Gasteiger partial charge is 0.311 e. The third-order valence-corrected chi connectivity index (χ3v) is 2.99. The number of nitrogens with zero attached hydrogens (tertiary/aromatic N) is 1. The predicted octanol–water partition coefficient (Wildman–Crippen LogP) is 3.89. The normalized spacial score (nSPS) is 14.7. The van der Waals surface area contributed by atoms with Crippen molar-refractivity contribution in [2.45, 2.75) is 47.1 Å². The summed E-state index contributed by atoms with van der Waals surface area (Å²) < 4.78 is 0. The van der Waals surface area contributed by atoms with E-state index in [0.717, 1.165) is 25.9 Å². The number of nitrogens with one attached hydrogen (secondary N) is 1. The molecule has 0 atom stereocenters. The molecule has 2 nitrogen and oxygen atoms in total. The first kappa shape index (κ1) is 14.8. The molecule has 100 valence electrons. The van der Waals surface area contributed by atoms with E-state index in [1.54, 1.807) is 0 Å². The van der Waals surface area contributed by atoms with Crippen molar-refractivity contribution in [3.63, 3.8) is 0 Å². The van der Waals surface area contributed by atoms with Gasteiger partial charge in [-0.05, 0) is 30.9 Å². The van der Waals surface area contributed by atoms with Gasteiger partial charge in [0.25, 0.3) is 0 Å². The van der Waals surface area contributed by atoms with Crippen LogP contribution in [0.15, 0.2) is 36.0 Å². The van der Waals surface area contributed by atoms with Gasteiger partial charge in [-0.2, -0.15) is 0 Å². The predicted molar refractivity (Wildman–Crippen MR) is 79.1 cm³/mol. The summed E-state index contributed by atoms with van der Waals surface area (Å²) in [6.45, 7) is 10.4. The first-order valence-electron chi connectivity index (χ1n) is 7.03. The van der Waals surface area contributed by atoms with Crippen molar-refractivity contribution in [1.82, 2.24) is 10.4 Å². The molecule has 1 aliphatic rings.